The molecule has 0 radical (unpaired) electrons. The van der Waals surface area contributed by atoms with Crippen LogP contribution in [0.15, 0.2) is 89.8 Å². The summed E-state index contributed by atoms with van der Waals surface area (Å²) in [5.41, 5.74) is 2.15. The Hall–Kier alpha value is -3.65. The van der Waals surface area contributed by atoms with Crippen LogP contribution in [0.5, 0.6) is 0 Å². The number of nitrogens with zero attached hydrogens (tertiary/aromatic N) is 2. The highest BCUT2D eigenvalue weighted by atomic mass is 32.2. The third-order valence-corrected chi connectivity index (χ3v) is 7.65. The number of hydrogen-bond donors (Lipinski definition) is 1. The van der Waals surface area contributed by atoms with E-state index in [1.54, 1.807) is 42.5 Å². The lowest BCUT2D eigenvalue weighted by atomic mass is 10.1. The molecule has 190 valence electrons. The molecular formula is C28H33N3O4S. The Kier molecular flexibility index (Phi) is 9.25. The van der Waals surface area contributed by atoms with Gasteiger partial charge in [0.05, 0.1) is 10.6 Å². The van der Waals surface area contributed by atoms with Crippen molar-refractivity contribution in [1.82, 2.24) is 10.2 Å². The summed E-state index contributed by atoms with van der Waals surface area (Å²) in [5.74, 6) is -0.728. The zero-order valence-corrected chi connectivity index (χ0v) is 21.7. The highest BCUT2D eigenvalue weighted by molar-refractivity contribution is 7.92. The van der Waals surface area contributed by atoms with Crippen LogP contribution in [0.1, 0.15) is 31.4 Å². The Morgan fingerprint density at radius 3 is 2.00 bits per heavy atom. The molecule has 0 spiro atoms. The summed E-state index contributed by atoms with van der Waals surface area (Å²) in [5, 5.41) is 2.80. The summed E-state index contributed by atoms with van der Waals surface area (Å²) >= 11 is 0. The Bertz CT molecular complexity index is 1250. The number of nitrogens with one attached hydrogen (secondary N) is 1. The molecule has 1 N–H and O–H groups in total. The fraction of sp³-hybridized carbons (Fsp3) is 0.286. The number of hydrogen-bond acceptors (Lipinski definition) is 4. The van der Waals surface area contributed by atoms with E-state index in [0.717, 1.165) is 15.4 Å². The number of carbonyl (C=O) groups is 2. The number of sulfonamides is 1. The lowest BCUT2D eigenvalue weighted by Gasteiger charge is -2.33. The molecule has 0 aliphatic heterocycles. The molecule has 0 saturated carbocycles. The maximum atomic E-state index is 13.8. The molecule has 8 heteroatoms. The van der Waals surface area contributed by atoms with E-state index < -0.39 is 28.5 Å². The van der Waals surface area contributed by atoms with Crippen molar-refractivity contribution in [3.8, 4) is 0 Å². The number of rotatable bonds is 11. The van der Waals surface area contributed by atoms with Gasteiger partial charge in [0, 0.05) is 13.1 Å². The Balaban J connectivity index is 2.02. The molecule has 3 rings (SSSR count). The standard InChI is InChI=1S/C28H33N3O4S/c1-4-26(28(33)29-5-2)30(20-23-12-8-6-9-13-23)27(32)21-31(24-14-10-7-11-15-24)36(34,35)25-18-16-22(3)17-19-25/h6-19,26H,4-5,20-21H2,1-3H3,(H,29,33)/t26-/m0/s1. The van der Waals surface area contributed by atoms with E-state index in [9.17, 15) is 18.0 Å². The van der Waals surface area contributed by atoms with E-state index >= 15 is 0 Å². The predicted octanol–water partition coefficient (Wildman–Crippen LogP) is 4.13. The van der Waals surface area contributed by atoms with Crippen LogP contribution in [-0.2, 0) is 26.2 Å². The molecule has 0 aromatic heterocycles. The summed E-state index contributed by atoms with van der Waals surface area (Å²) in [7, 11) is -4.05. The first-order valence-corrected chi connectivity index (χ1v) is 13.5. The molecule has 0 aliphatic carbocycles. The predicted molar refractivity (Wildman–Crippen MR) is 142 cm³/mol. The first kappa shape index (κ1) is 26.9. The van der Waals surface area contributed by atoms with Crippen LogP contribution >= 0.6 is 0 Å². The molecule has 0 unspecified atom stereocenters. The van der Waals surface area contributed by atoms with Gasteiger partial charge in [0.25, 0.3) is 10.0 Å². The second-order valence-corrected chi connectivity index (χ2v) is 10.3. The van der Waals surface area contributed by atoms with E-state index in [2.05, 4.69) is 5.32 Å². The average Bonchev–Trinajstić information content (AvgIpc) is 2.88. The van der Waals surface area contributed by atoms with E-state index in [4.69, 9.17) is 0 Å². The van der Waals surface area contributed by atoms with E-state index in [-0.39, 0.29) is 17.3 Å². The molecule has 0 heterocycles. The molecular weight excluding hydrogens is 474 g/mol. The average molecular weight is 508 g/mol. The number of carbonyl (C=O) groups excluding carboxylic acids is 2. The van der Waals surface area contributed by atoms with Gasteiger partial charge in [-0.2, -0.15) is 0 Å². The Morgan fingerprint density at radius 2 is 1.44 bits per heavy atom. The van der Waals surface area contributed by atoms with Crippen molar-refractivity contribution < 1.29 is 18.0 Å². The van der Waals surface area contributed by atoms with Gasteiger partial charge >= 0.3 is 0 Å². The van der Waals surface area contributed by atoms with Crippen molar-refractivity contribution in [1.29, 1.82) is 0 Å². The SMILES string of the molecule is CCNC(=O)[C@H](CC)N(Cc1ccccc1)C(=O)CN(c1ccccc1)S(=O)(=O)c1ccc(C)cc1. The Labute approximate surface area is 213 Å². The van der Waals surface area contributed by atoms with Crippen molar-refractivity contribution >= 4 is 27.5 Å². The minimum Gasteiger partial charge on any atom is -0.355 e. The summed E-state index contributed by atoms with van der Waals surface area (Å²) in [6.45, 7) is 5.71. The fourth-order valence-corrected chi connectivity index (χ4v) is 5.37. The van der Waals surface area contributed by atoms with Gasteiger partial charge in [0.2, 0.25) is 11.8 Å². The number of likely N-dealkylation sites (N-methyl/N-ethyl adjacent to an activating group) is 1. The first-order valence-electron chi connectivity index (χ1n) is 12.0. The van der Waals surface area contributed by atoms with E-state index in [1.165, 1.54) is 17.0 Å². The lowest BCUT2D eigenvalue weighted by Crippen LogP contribution is -2.52. The van der Waals surface area contributed by atoms with Crippen LogP contribution in [0.2, 0.25) is 0 Å². The highest BCUT2D eigenvalue weighted by Gasteiger charge is 2.33. The first-order chi connectivity index (χ1) is 17.3. The zero-order chi connectivity index (χ0) is 26.1. The largest absolute Gasteiger partial charge is 0.355 e. The number of amides is 2. The normalized spacial score (nSPS) is 12.0. The molecule has 1 atom stereocenters. The van der Waals surface area contributed by atoms with E-state index in [0.29, 0.717) is 18.7 Å². The van der Waals surface area contributed by atoms with E-state index in [1.807, 2.05) is 51.1 Å². The summed E-state index contributed by atoms with van der Waals surface area (Å²) in [4.78, 5) is 28.3. The summed E-state index contributed by atoms with van der Waals surface area (Å²) in [6.07, 6.45) is 0.389. The molecule has 0 aliphatic rings. The smallest absolute Gasteiger partial charge is 0.264 e. The van der Waals surface area contributed by atoms with Gasteiger partial charge in [-0.3, -0.25) is 13.9 Å². The molecule has 3 aromatic rings. The molecule has 0 bridgehead atoms. The van der Waals surface area contributed by atoms with Crippen molar-refractivity contribution in [2.75, 3.05) is 17.4 Å². The zero-order valence-electron chi connectivity index (χ0n) is 20.9. The molecule has 7 nitrogen and oxygen atoms in total. The van der Waals surface area contributed by atoms with Gasteiger partial charge in [0.15, 0.2) is 0 Å². The van der Waals surface area contributed by atoms with Gasteiger partial charge in [-0.05, 0) is 50.1 Å². The Morgan fingerprint density at radius 1 is 0.861 bits per heavy atom. The van der Waals surface area contributed by atoms with Crippen molar-refractivity contribution in [3.05, 3.63) is 96.1 Å². The van der Waals surface area contributed by atoms with Crippen molar-refractivity contribution in [2.24, 2.45) is 0 Å². The minimum absolute atomic E-state index is 0.0927. The van der Waals surface area contributed by atoms with Crippen LogP contribution in [0.4, 0.5) is 5.69 Å². The van der Waals surface area contributed by atoms with Gasteiger partial charge in [-0.15, -0.1) is 0 Å². The van der Waals surface area contributed by atoms with Crippen LogP contribution in [0.3, 0.4) is 0 Å². The maximum absolute atomic E-state index is 13.8. The topological polar surface area (TPSA) is 86.8 Å². The van der Waals surface area contributed by atoms with Crippen molar-refractivity contribution in [2.45, 2.75) is 44.7 Å². The molecule has 0 saturated heterocycles. The van der Waals surface area contributed by atoms with Crippen LogP contribution < -0.4 is 9.62 Å². The second-order valence-electron chi connectivity index (χ2n) is 8.49. The third-order valence-electron chi connectivity index (χ3n) is 5.86. The van der Waals surface area contributed by atoms with Crippen LogP contribution in [0.25, 0.3) is 0 Å². The number of para-hydroxylation sites is 1. The third kappa shape index (κ3) is 6.51. The van der Waals surface area contributed by atoms with Gasteiger partial charge in [-0.1, -0.05) is 73.2 Å². The lowest BCUT2D eigenvalue weighted by molar-refractivity contribution is -0.140. The summed E-state index contributed by atoms with van der Waals surface area (Å²) in [6, 6.07) is 23.7. The number of anilines is 1. The number of benzene rings is 3. The molecule has 0 fully saturated rings. The fourth-order valence-electron chi connectivity index (χ4n) is 3.95. The minimum atomic E-state index is -4.05. The summed E-state index contributed by atoms with van der Waals surface area (Å²) < 4.78 is 28.5. The molecule has 3 aromatic carbocycles. The monoisotopic (exact) mass is 507 g/mol. The molecule has 2 amide bonds. The van der Waals surface area contributed by atoms with Gasteiger partial charge < -0.3 is 10.2 Å². The quantitative estimate of drug-likeness (QED) is 0.423. The highest BCUT2D eigenvalue weighted by Crippen LogP contribution is 2.25. The van der Waals surface area contributed by atoms with Crippen molar-refractivity contribution in [3.63, 3.8) is 0 Å². The molecule has 36 heavy (non-hydrogen) atoms. The number of aryl methyl sites for hydroxylation is 1. The second kappa shape index (κ2) is 12.4. The van der Waals surface area contributed by atoms with Crippen LogP contribution in [0, 0.1) is 6.92 Å². The van der Waals surface area contributed by atoms with Crippen LogP contribution in [-0.4, -0.2) is 44.3 Å². The van der Waals surface area contributed by atoms with Gasteiger partial charge in [-0.25, -0.2) is 8.42 Å². The van der Waals surface area contributed by atoms with Gasteiger partial charge in [0.1, 0.15) is 12.6 Å². The maximum Gasteiger partial charge on any atom is 0.264 e.